The van der Waals surface area contributed by atoms with E-state index in [9.17, 15) is 34.8 Å². The van der Waals surface area contributed by atoms with Crippen LogP contribution in [0.5, 0.6) is 0 Å². The van der Waals surface area contributed by atoms with Gasteiger partial charge in [-0.2, -0.15) is 13.2 Å². The molecule has 1 unspecified atom stereocenters. The number of halogens is 6. The summed E-state index contributed by atoms with van der Waals surface area (Å²) in [5, 5.41) is 0. The van der Waals surface area contributed by atoms with Gasteiger partial charge in [0.1, 0.15) is 16.5 Å². The lowest BCUT2D eigenvalue weighted by atomic mass is 10.2. The number of rotatable bonds is 3. The van der Waals surface area contributed by atoms with E-state index in [1.165, 1.54) is 0 Å². The van der Waals surface area contributed by atoms with Gasteiger partial charge in [-0.05, 0) is 0 Å². The number of alkyl halides is 6. The van der Waals surface area contributed by atoms with Crippen molar-refractivity contribution < 1.29 is 34.8 Å². The van der Waals surface area contributed by atoms with E-state index < -0.39 is 34.7 Å². The topological polar surface area (TPSA) is 34.1 Å². The van der Waals surface area contributed by atoms with Gasteiger partial charge in [-0.3, -0.25) is 0 Å². The monoisotopic (exact) mass is 230 g/mol. The van der Waals surface area contributed by atoms with Crippen molar-refractivity contribution in [1.82, 2.24) is 0 Å². The Kier molecular flexibility index (Phi) is 3.59. The first-order valence-corrected chi connectivity index (χ1v) is 4.14. The molecule has 0 saturated carbocycles. The van der Waals surface area contributed by atoms with Crippen molar-refractivity contribution in [2.75, 3.05) is 5.75 Å². The van der Waals surface area contributed by atoms with Crippen LogP contribution in [0, 0.1) is 0 Å². The Morgan fingerprint density at radius 1 is 1.08 bits per heavy atom. The van der Waals surface area contributed by atoms with Crippen LogP contribution < -0.4 is 0 Å². The lowest BCUT2D eigenvalue weighted by Crippen LogP contribution is -2.44. The van der Waals surface area contributed by atoms with Gasteiger partial charge in [0.15, 0.2) is 0 Å². The van der Waals surface area contributed by atoms with Crippen molar-refractivity contribution in [2.24, 2.45) is 0 Å². The van der Waals surface area contributed by atoms with Crippen molar-refractivity contribution in [3.8, 4) is 0 Å². The predicted molar refractivity (Wildman–Crippen MR) is 31.1 cm³/mol. The van der Waals surface area contributed by atoms with Gasteiger partial charge in [0.2, 0.25) is 0 Å². The van der Waals surface area contributed by atoms with Crippen LogP contribution in [0.2, 0.25) is 0 Å². The summed E-state index contributed by atoms with van der Waals surface area (Å²) < 4.78 is 89.4. The standard InChI is InChI=1S/C4H4F6O2S/c5-2(4(8,9)10)3(6,7)1-13(11)12/h2,13H,1H2. The molecule has 0 aromatic rings. The molecule has 0 spiro atoms. The van der Waals surface area contributed by atoms with Gasteiger partial charge in [0.25, 0.3) is 6.17 Å². The van der Waals surface area contributed by atoms with Crippen molar-refractivity contribution in [1.29, 1.82) is 0 Å². The molecular formula is C4H4F6O2S. The maximum atomic E-state index is 12.1. The highest BCUT2D eigenvalue weighted by Gasteiger charge is 2.57. The Labute approximate surface area is 70.5 Å². The first-order chi connectivity index (χ1) is 5.57. The fraction of sp³-hybridized carbons (Fsp3) is 1.00. The molecule has 9 heteroatoms. The van der Waals surface area contributed by atoms with Crippen LogP contribution in [0.3, 0.4) is 0 Å². The predicted octanol–water partition coefficient (Wildman–Crippen LogP) is 1.13. The first-order valence-electron chi connectivity index (χ1n) is 2.78. The largest absolute Gasteiger partial charge is 0.425 e. The number of thiol groups is 1. The smallest absolute Gasteiger partial charge is 0.232 e. The fourth-order valence-electron chi connectivity index (χ4n) is 0.492. The third-order valence-electron chi connectivity index (χ3n) is 0.998. The normalized spacial score (nSPS) is 16.2. The van der Waals surface area contributed by atoms with E-state index in [1.54, 1.807) is 0 Å². The molecule has 0 heterocycles. The van der Waals surface area contributed by atoms with Crippen LogP contribution in [0.4, 0.5) is 26.3 Å². The minimum Gasteiger partial charge on any atom is -0.232 e. The third kappa shape index (κ3) is 3.83. The number of hydrogen-bond donors (Lipinski definition) is 1. The van der Waals surface area contributed by atoms with Gasteiger partial charge in [-0.25, -0.2) is 21.6 Å². The number of hydrogen-bond acceptors (Lipinski definition) is 2. The summed E-state index contributed by atoms with van der Waals surface area (Å²) in [5.41, 5.74) is 0. The van der Waals surface area contributed by atoms with E-state index in [1.807, 2.05) is 0 Å². The fourth-order valence-corrected chi connectivity index (χ4v) is 0.996. The average Bonchev–Trinajstić information content (AvgIpc) is 1.80. The first kappa shape index (κ1) is 12.5. The van der Waals surface area contributed by atoms with E-state index >= 15 is 0 Å². The average molecular weight is 230 g/mol. The zero-order valence-corrected chi connectivity index (χ0v) is 6.71. The lowest BCUT2D eigenvalue weighted by Gasteiger charge is -2.20. The van der Waals surface area contributed by atoms with Gasteiger partial charge in [0, 0.05) is 0 Å². The molecule has 0 N–H and O–H groups in total. The molecule has 0 aliphatic carbocycles. The molecule has 0 saturated heterocycles. The van der Waals surface area contributed by atoms with E-state index in [0.29, 0.717) is 0 Å². The van der Waals surface area contributed by atoms with E-state index in [2.05, 4.69) is 0 Å². The molecule has 13 heavy (non-hydrogen) atoms. The highest BCUT2D eigenvalue weighted by atomic mass is 32.2. The highest BCUT2D eigenvalue weighted by Crippen LogP contribution is 2.34. The second kappa shape index (κ2) is 3.72. The summed E-state index contributed by atoms with van der Waals surface area (Å²) in [6.07, 6.45) is -10.2. The Hall–Kier alpha value is -0.470. The van der Waals surface area contributed by atoms with Crippen molar-refractivity contribution >= 4 is 10.7 Å². The molecule has 0 aromatic heterocycles. The van der Waals surface area contributed by atoms with Gasteiger partial charge >= 0.3 is 12.1 Å². The quantitative estimate of drug-likeness (QED) is 0.582. The van der Waals surface area contributed by atoms with Crippen molar-refractivity contribution in [3.05, 3.63) is 0 Å². The van der Waals surface area contributed by atoms with Gasteiger partial charge in [-0.15, -0.1) is 0 Å². The SMILES string of the molecule is O=[SH](=O)CC(F)(F)C(F)C(F)(F)F. The maximum Gasteiger partial charge on any atom is 0.425 e. The molecular weight excluding hydrogens is 226 g/mol. The Morgan fingerprint density at radius 2 is 1.46 bits per heavy atom. The highest BCUT2D eigenvalue weighted by molar-refractivity contribution is 7.72. The van der Waals surface area contributed by atoms with Crippen LogP contribution in [0.15, 0.2) is 0 Å². The molecule has 1 atom stereocenters. The zero-order chi connectivity index (χ0) is 10.9. The summed E-state index contributed by atoms with van der Waals surface area (Å²) in [7, 11) is -3.76. The molecule has 0 amide bonds. The Morgan fingerprint density at radius 3 is 1.69 bits per heavy atom. The van der Waals surface area contributed by atoms with Crippen LogP contribution in [-0.4, -0.2) is 32.4 Å². The molecule has 0 bridgehead atoms. The second-order valence-corrected chi connectivity index (χ2v) is 3.14. The zero-order valence-electron chi connectivity index (χ0n) is 5.82. The lowest BCUT2D eigenvalue weighted by molar-refractivity contribution is -0.237. The summed E-state index contributed by atoms with van der Waals surface area (Å²) in [6, 6.07) is 0. The maximum absolute atomic E-state index is 12.1. The van der Waals surface area contributed by atoms with Gasteiger partial charge in [-0.1, -0.05) is 0 Å². The van der Waals surface area contributed by atoms with Crippen LogP contribution in [0.25, 0.3) is 0 Å². The second-order valence-electron chi connectivity index (χ2n) is 2.16. The molecule has 0 rings (SSSR count). The molecule has 0 aliphatic heterocycles. The summed E-state index contributed by atoms with van der Waals surface area (Å²) in [4.78, 5) is 0. The van der Waals surface area contributed by atoms with Crippen molar-refractivity contribution in [3.63, 3.8) is 0 Å². The van der Waals surface area contributed by atoms with E-state index in [-0.39, 0.29) is 0 Å². The molecule has 0 fully saturated rings. The Balaban J connectivity index is 4.63. The van der Waals surface area contributed by atoms with Crippen LogP contribution in [-0.2, 0) is 10.7 Å². The van der Waals surface area contributed by atoms with Crippen LogP contribution >= 0.6 is 0 Å². The molecule has 80 valence electrons. The third-order valence-corrected chi connectivity index (χ3v) is 1.68. The van der Waals surface area contributed by atoms with Crippen molar-refractivity contribution in [2.45, 2.75) is 18.3 Å². The minimum absolute atomic E-state index is 2.15. The molecule has 0 radical (unpaired) electrons. The van der Waals surface area contributed by atoms with Gasteiger partial charge < -0.3 is 0 Å². The summed E-state index contributed by atoms with van der Waals surface area (Å²) in [5.74, 6) is -7.07. The van der Waals surface area contributed by atoms with Crippen LogP contribution in [0.1, 0.15) is 0 Å². The Bertz CT molecular complexity index is 236. The van der Waals surface area contributed by atoms with Gasteiger partial charge in [0.05, 0.1) is 0 Å². The van der Waals surface area contributed by atoms with E-state index in [0.717, 1.165) is 0 Å². The molecule has 2 nitrogen and oxygen atoms in total. The molecule has 0 aliphatic rings. The summed E-state index contributed by atoms with van der Waals surface area (Å²) >= 11 is 0. The summed E-state index contributed by atoms with van der Waals surface area (Å²) in [6.45, 7) is 0. The molecule has 0 aromatic carbocycles. The minimum atomic E-state index is -5.76. The van der Waals surface area contributed by atoms with E-state index in [4.69, 9.17) is 0 Å².